The highest BCUT2D eigenvalue weighted by atomic mass is 32.1. The molecular formula is C16H18S. The van der Waals surface area contributed by atoms with Gasteiger partial charge in [0.15, 0.2) is 0 Å². The molecule has 1 atom stereocenters. The molecule has 0 fully saturated rings. The standard InChI is InChI=1S/C16H18S/c1-3-14(13-10-8-12(2)9-11-13)15-6-4-5-7-16(15)17/h4-11,14,17H,3H2,1-2H3. The Balaban J connectivity index is 2.40. The van der Waals surface area contributed by atoms with Crippen LogP contribution in [-0.4, -0.2) is 0 Å². The topological polar surface area (TPSA) is 0 Å². The lowest BCUT2D eigenvalue weighted by atomic mass is 9.89. The van der Waals surface area contributed by atoms with Crippen molar-refractivity contribution in [1.29, 1.82) is 0 Å². The third-order valence-corrected chi connectivity index (χ3v) is 3.61. The van der Waals surface area contributed by atoms with Gasteiger partial charge in [0.05, 0.1) is 0 Å². The minimum absolute atomic E-state index is 0.448. The Morgan fingerprint density at radius 3 is 2.24 bits per heavy atom. The van der Waals surface area contributed by atoms with Crippen LogP contribution in [0.15, 0.2) is 53.4 Å². The number of benzene rings is 2. The number of aryl methyl sites for hydroxylation is 1. The first-order valence-corrected chi connectivity index (χ1v) is 6.51. The molecule has 0 radical (unpaired) electrons. The second-order valence-corrected chi connectivity index (χ2v) is 4.91. The van der Waals surface area contributed by atoms with Crippen molar-refractivity contribution in [3.05, 3.63) is 65.2 Å². The van der Waals surface area contributed by atoms with E-state index >= 15 is 0 Å². The number of hydrogen-bond donors (Lipinski definition) is 1. The second kappa shape index (κ2) is 5.42. The Morgan fingerprint density at radius 2 is 1.65 bits per heavy atom. The summed E-state index contributed by atoms with van der Waals surface area (Å²) in [5, 5.41) is 0. The molecule has 0 heterocycles. The van der Waals surface area contributed by atoms with Crippen molar-refractivity contribution >= 4 is 12.6 Å². The van der Waals surface area contributed by atoms with Gasteiger partial charge in [0, 0.05) is 10.8 Å². The van der Waals surface area contributed by atoms with Crippen molar-refractivity contribution in [3.63, 3.8) is 0 Å². The van der Waals surface area contributed by atoms with Crippen molar-refractivity contribution in [3.8, 4) is 0 Å². The summed E-state index contributed by atoms with van der Waals surface area (Å²) < 4.78 is 0. The average Bonchev–Trinajstić information content (AvgIpc) is 2.35. The first kappa shape index (κ1) is 12.3. The van der Waals surface area contributed by atoms with Crippen LogP contribution in [-0.2, 0) is 0 Å². The molecule has 1 unspecified atom stereocenters. The summed E-state index contributed by atoms with van der Waals surface area (Å²) in [4.78, 5) is 1.08. The molecule has 0 spiro atoms. The zero-order valence-electron chi connectivity index (χ0n) is 10.4. The third kappa shape index (κ3) is 2.73. The zero-order chi connectivity index (χ0) is 12.3. The van der Waals surface area contributed by atoms with E-state index in [1.165, 1.54) is 16.7 Å². The molecule has 0 aliphatic rings. The lowest BCUT2D eigenvalue weighted by Crippen LogP contribution is -2.00. The summed E-state index contributed by atoms with van der Waals surface area (Å²) in [6, 6.07) is 17.2. The molecule has 0 aromatic heterocycles. The maximum atomic E-state index is 4.56. The Bertz CT molecular complexity index is 485. The summed E-state index contributed by atoms with van der Waals surface area (Å²) in [5.41, 5.74) is 4.00. The number of hydrogen-bond acceptors (Lipinski definition) is 1. The normalized spacial score (nSPS) is 12.4. The van der Waals surface area contributed by atoms with Crippen molar-refractivity contribution in [2.24, 2.45) is 0 Å². The average molecular weight is 242 g/mol. The van der Waals surface area contributed by atoms with Gasteiger partial charge in [-0.3, -0.25) is 0 Å². The van der Waals surface area contributed by atoms with Crippen LogP contribution >= 0.6 is 12.6 Å². The van der Waals surface area contributed by atoms with Crippen LogP contribution in [0.25, 0.3) is 0 Å². The van der Waals surface area contributed by atoms with Crippen LogP contribution in [0.2, 0.25) is 0 Å². The van der Waals surface area contributed by atoms with Crippen LogP contribution in [0.5, 0.6) is 0 Å². The lowest BCUT2D eigenvalue weighted by Gasteiger charge is -2.18. The van der Waals surface area contributed by atoms with Crippen LogP contribution in [0.4, 0.5) is 0 Å². The molecule has 0 nitrogen and oxygen atoms in total. The van der Waals surface area contributed by atoms with E-state index in [1.54, 1.807) is 0 Å². The fraction of sp³-hybridized carbons (Fsp3) is 0.250. The van der Waals surface area contributed by atoms with E-state index < -0.39 is 0 Å². The van der Waals surface area contributed by atoms with Gasteiger partial charge in [0.2, 0.25) is 0 Å². The molecule has 88 valence electrons. The summed E-state index contributed by atoms with van der Waals surface area (Å²) in [6.07, 6.45) is 1.10. The maximum Gasteiger partial charge on any atom is 0.00977 e. The van der Waals surface area contributed by atoms with Gasteiger partial charge < -0.3 is 0 Å². The van der Waals surface area contributed by atoms with Gasteiger partial charge >= 0.3 is 0 Å². The second-order valence-electron chi connectivity index (χ2n) is 4.43. The van der Waals surface area contributed by atoms with Crippen molar-refractivity contribution < 1.29 is 0 Å². The van der Waals surface area contributed by atoms with Gasteiger partial charge in [-0.1, -0.05) is 55.0 Å². The number of thiol groups is 1. The van der Waals surface area contributed by atoms with Crippen molar-refractivity contribution in [1.82, 2.24) is 0 Å². The minimum atomic E-state index is 0.448. The van der Waals surface area contributed by atoms with E-state index in [1.807, 2.05) is 6.07 Å². The molecular weight excluding hydrogens is 224 g/mol. The first-order valence-electron chi connectivity index (χ1n) is 6.07. The predicted octanol–water partition coefficient (Wildman–Crippen LogP) is 4.83. The molecule has 0 N–H and O–H groups in total. The van der Waals surface area contributed by atoms with Gasteiger partial charge in [-0.2, -0.15) is 0 Å². The molecule has 0 saturated carbocycles. The van der Waals surface area contributed by atoms with E-state index in [9.17, 15) is 0 Å². The summed E-state index contributed by atoms with van der Waals surface area (Å²) >= 11 is 4.56. The Kier molecular flexibility index (Phi) is 3.90. The van der Waals surface area contributed by atoms with Crippen LogP contribution < -0.4 is 0 Å². The SMILES string of the molecule is CCC(c1ccc(C)cc1)c1ccccc1S. The highest BCUT2D eigenvalue weighted by Crippen LogP contribution is 2.31. The Labute approximate surface area is 109 Å². The van der Waals surface area contributed by atoms with Gasteiger partial charge in [-0.05, 0) is 30.5 Å². The molecule has 0 bridgehead atoms. The molecule has 0 aliphatic carbocycles. The molecule has 2 aromatic rings. The van der Waals surface area contributed by atoms with E-state index in [-0.39, 0.29) is 0 Å². The third-order valence-electron chi connectivity index (χ3n) is 3.20. The molecule has 2 aromatic carbocycles. The molecule has 0 aliphatic heterocycles. The largest absolute Gasteiger partial charge is 0.143 e. The monoisotopic (exact) mass is 242 g/mol. The molecule has 2 rings (SSSR count). The summed E-state index contributed by atoms with van der Waals surface area (Å²) in [6.45, 7) is 4.35. The van der Waals surface area contributed by atoms with E-state index in [4.69, 9.17) is 0 Å². The smallest absolute Gasteiger partial charge is 0.00977 e. The molecule has 0 saturated heterocycles. The van der Waals surface area contributed by atoms with E-state index in [0.29, 0.717) is 5.92 Å². The van der Waals surface area contributed by atoms with Gasteiger partial charge in [-0.15, -0.1) is 12.6 Å². The fourth-order valence-electron chi connectivity index (χ4n) is 2.22. The fourth-order valence-corrected chi connectivity index (χ4v) is 2.53. The van der Waals surface area contributed by atoms with Crippen molar-refractivity contribution in [2.45, 2.75) is 31.1 Å². The van der Waals surface area contributed by atoms with E-state index in [0.717, 1.165) is 11.3 Å². The summed E-state index contributed by atoms with van der Waals surface area (Å²) in [5.74, 6) is 0.448. The van der Waals surface area contributed by atoms with E-state index in [2.05, 4.69) is 68.9 Å². The Morgan fingerprint density at radius 1 is 1.00 bits per heavy atom. The first-order chi connectivity index (χ1) is 8.22. The number of rotatable bonds is 3. The van der Waals surface area contributed by atoms with Gasteiger partial charge in [0.1, 0.15) is 0 Å². The van der Waals surface area contributed by atoms with Crippen LogP contribution in [0.3, 0.4) is 0 Å². The molecule has 0 amide bonds. The lowest BCUT2D eigenvalue weighted by molar-refractivity contribution is 0.762. The molecule has 1 heteroatoms. The van der Waals surface area contributed by atoms with Crippen molar-refractivity contribution in [2.75, 3.05) is 0 Å². The maximum absolute atomic E-state index is 4.56. The van der Waals surface area contributed by atoms with Gasteiger partial charge in [-0.25, -0.2) is 0 Å². The Hall–Kier alpha value is -1.21. The zero-order valence-corrected chi connectivity index (χ0v) is 11.2. The van der Waals surface area contributed by atoms with Crippen LogP contribution in [0.1, 0.15) is 36.0 Å². The highest BCUT2D eigenvalue weighted by Gasteiger charge is 2.13. The van der Waals surface area contributed by atoms with Crippen LogP contribution in [0, 0.1) is 6.92 Å². The molecule has 17 heavy (non-hydrogen) atoms. The highest BCUT2D eigenvalue weighted by molar-refractivity contribution is 7.80. The minimum Gasteiger partial charge on any atom is -0.143 e. The summed E-state index contributed by atoms with van der Waals surface area (Å²) in [7, 11) is 0. The predicted molar refractivity (Wildman–Crippen MR) is 77.0 cm³/mol. The van der Waals surface area contributed by atoms with Gasteiger partial charge in [0.25, 0.3) is 0 Å². The quantitative estimate of drug-likeness (QED) is 0.733.